The Kier molecular flexibility index (Phi) is 8.53. The quantitative estimate of drug-likeness (QED) is 0.142. The summed E-state index contributed by atoms with van der Waals surface area (Å²) in [7, 11) is 1.41. The molecule has 0 unspecified atom stereocenters. The van der Waals surface area contributed by atoms with Gasteiger partial charge in [-0.05, 0) is 85.2 Å². The lowest BCUT2D eigenvalue weighted by atomic mass is 9.49. The predicted molar refractivity (Wildman–Crippen MR) is 197 cm³/mol. The van der Waals surface area contributed by atoms with Crippen LogP contribution in [0, 0.1) is 30.6 Å². The number of nitrogens with one attached hydrogen (secondary N) is 1. The van der Waals surface area contributed by atoms with Gasteiger partial charge in [-0.25, -0.2) is 0 Å². The summed E-state index contributed by atoms with van der Waals surface area (Å²) in [6, 6.07) is 26.5. The van der Waals surface area contributed by atoms with Gasteiger partial charge in [-0.15, -0.1) is 0 Å². The molecule has 10 nitrogen and oxygen atoms in total. The number of hydrazine groups is 1. The molecule has 0 bridgehead atoms. The summed E-state index contributed by atoms with van der Waals surface area (Å²) in [6.07, 6.45) is 2.83. The Morgan fingerprint density at radius 3 is 2.30 bits per heavy atom. The number of likely N-dealkylation sites (tertiary alicyclic amines) is 1. The van der Waals surface area contributed by atoms with Crippen molar-refractivity contribution >= 4 is 40.9 Å². The molecule has 2 aliphatic carbocycles. The second-order valence-corrected chi connectivity index (χ2v) is 14.8. The number of carbonyl (C=O) groups excluding carboxylic acids is 4. The van der Waals surface area contributed by atoms with Crippen molar-refractivity contribution in [1.82, 2.24) is 9.91 Å². The third-order valence-corrected chi connectivity index (χ3v) is 11.9. The number of amides is 4. The highest BCUT2D eigenvalue weighted by molar-refractivity contribution is 6.32. The van der Waals surface area contributed by atoms with E-state index in [0.717, 1.165) is 21.7 Å². The molecular weight excluding hydrogens is 694 g/mol. The Hall–Kier alpha value is -5.61. The number of hydrogen-bond acceptors (Lipinski definition) is 8. The first-order valence-corrected chi connectivity index (χ1v) is 18.1. The molecule has 0 spiro atoms. The van der Waals surface area contributed by atoms with E-state index in [1.165, 1.54) is 12.0 Å². The number of nitrogens with zero attached hydrogens (tertiary/aromatic N) is 2. The Labute approximate surface area is 311 Å². The molecule has 4 aromatic rings. The molecule has 4 aliphatic rings. The van der Waals surface area contributed by atoms with Gasteiger partial charge >= 0.3 is 0 Å². The van der Waals surface area contributed by atoms with Gasteiger partial charge in [0.2, 0.25) is 11.8 Å². The maximum absolute atomic E-state index is 15.3. The first-order chi connectivity index (χ1) is 25.5. The highest BCUT2D eigenvalue weighted by Crippen LogP contribution is 2.64. The number of methoxy groups -OCH3 is 1. The molecule has 2 aliphatic heterocycles. The molecule has 4 amide bonds. The fourth-order valence-corrected chi connectivity index (χ4v) is 9.45. The third kappa shape index (κ3) is 5.38. The third-order valence-electron chi connectivity index (χ3n) is 11.6. The van der Waals surface area contributed by atoms with Crippen LogP contribution in [0.2, 0.25) is 5.02 Å². The number of ether oxygens (including phenoxy) is 1. The van der Waals surface area contributed by atoms with E-state index in [0.29, 0.717) is 23.2 Å². The van der Waals surface area contributed by atoms with Gasteiger partial charge in [-0.1, -0.05) is 83.4 Å². The first-order valence-electron chi connectivity index (χ1n) is 17.7. The normalized spacial score (nSPS) is 26.2. The Balaban J connectivity index is 1.27. The maximum Gasteiger partial charge on any atom is 0.260 e. The number of phenolic OH excluding ortho intramolecular Hbond substituents is 2. The number of aryl methyl sites for hydroxylation is 1. The Bertz CT molecular complexity index is 2170. The minimum atomic E-state index is -1.49. The van der Waals surface area contributed by atoms with Crippen molar-refractivity contribution in [2.45, 2.75) is 37.5 Å². The smallest absolute Gasteiger partial charge is 0.260 e. The fourth-order valence-electron chi connectivity index (χ4n) is 9.23. The molecule has 0 radical (unpaired) electrons. The summed E-state index contributed by atoms with van der Waals surface area (Å²) in [4.78, 5) is 59.9. The van der Waals surface area contributed by atoms with Gasteiger partial charge in [0, 0.05) is 12.5 Å². The van der Waals surface area contributed by atoms with E-state index in [4.69, 9.17) is 16.3 Å². The van der Waals surface area contributed by atoms with E-state index >= 15 is 4.79 Å². The summed E-state index contributed by atoms with van der Waals surface area (Å²) < 4.78 is 5.54. The highest BCUT2D eigenvalue weighted by Gasteiger charge is 2.70. The molecule has 8 rings (SSSR count). The molecule has 1 saturated carbocycles. The van der Waals surface area contributed by atoms with Crippen molar-refractivity contribution in [3.8, 4) is 17.2 Å². The zero-order valence-corrected chi connectivity index (χ0v) is 29.9. The number of anilines is 1. The lowest BCUT2D eigenvalue weighted by molar-refractivity contribution is -0.141. The Morgan fingerprint density at radius 2 is 1.60 bits per heavy atom. The molecule has 4 aromatic carbocycles. The number of carbonyl (C=O) groups is 4. The van der Waals surface area contributed by atoms with Gasteiger partial charge < -0.3 is 14.9 Å². The molecule has 6 atom stereocenters. The number of hydrogen-bond donors (Lipinski definition) is 3. The van der Waals surface area contributed by atoms with Crippen molar-refractivity contribution < 1.29 is 34.1 Å². The zero-order valence-electron chi connectivity index (χ0n) is 29.2. The summed E-state index contributed by atoms with van der Waals surface area (Å²) in [5.74, 6) is -5.15. The van der Waals surface area contributed by atoms with Crippen LogP contribution in [0.25, 0.3) is 0 Å². The SMILES string of the molecule is COc1cc([C@H]2C3=CC[C@@H]4C(=O)N(CCc5ccc(O)cc5)C(=O)[C@@H]4[C@@H]3C[C@H]3C(=O)N(Nc4ccc(C)cc4)C(=O)[C@@]23c2ccccc2)cc(Cl)c1O. The van der Waals surface area contributed by atoms with Crippen molar-refractivity contribution in [1.29, 1.82) is 0 Å². The molecule has 270 valence electrons. The summed E-state index contributed by atoms with van der Waals surface area (Å²) in [5.41, 5.74) is 5.99. The van der Waals surface area contributed by atoms with Crippen LogP contribution >= 0.6 is 11.6 Å². The Morgan fingerprint density at radius 1 is 0.887 bits per heavy atom. The number of halogens is 1. The van der Waals surface area contributed by atoms with Crippen LogP contribution in [0.15, 0.2) is 103 Å². The van der Waals surface area contributed by atoms with Crippen molar-refractivity contribution in [3.63, 3.8) is 0 Å². The van der Waals surface area contributed by atoms with E-state index in [1.54, 1.807) is 48.5 Å². The number of phenols is 2. The molecule has 0 aromatic heterocycles. The molecule has 3 fully saturated rings. The summed E-state index contributed by atoms with van der Waals surface area (Å²) in [6.45, 7) is 2.12. The average molecular weight is 732 g/mol. The molecule has 2 saturated heterocycles. The second kappa shape index (κ2) is 13.1. The number of imide groups is 2. The van der Waals surface area contributed by atoms with Crippen LogP contribution < -0.4 is 10.2 Å². The van der Waals surface area contributed by atoms with Gasteiger partial charge in [-0.2, -0.15) is 5.01 Å². The van der Waals surface area contributed by atoms with Gasteiger partial charge in [0.25, 0.3) is 11.8 Å². The fraction of sp³-hybridized carbons (Fsp3) is 0.286. The van der Waals surface area contributed by atoms with E-state index < -0.39 is 46.8 Å². The molecule has 53 heavy (non-hydrogen) atoms. The second-order valence-electron chi connectivity index (χ2n) is 14.4. The largest absolute Gasteiger partial charge is 0.508 e. The minimum absolute atomic E-state index is 0.00876. The average Bonchev–Trinajstić information content (AvgIpc) is 3.54. The first kappa shape index (κ1) is 34.5. The van der Waals surface area contributed by atoms with Crippen molar-refractivity contribution in [2.24, 2.45) is 23.7 Å². The van der Waals surface area contributed by atoms with Gasteiger partial charge in [0.1, 0.15) is 5.75 Å². The lowest BCUT2D eigenvalue weighted by Crippen LogP contribution is -2.53. The number of allylic oxidation sites excluding steroid dienone is 2. The summed E-state index contributed by atoms with van der Waals surface area (Å²) in [5, 5.41) is 21.6. The van der Waals surface area contributed by atoms with Gasteiger partial charge in [-0.3, -0.25) is 29.5 Å². The predicted octanol–water partition coefficient (Wildman–Crippen LogP) is 6.30. The van der Waals surface area contributed by atoms with E-state index in [-0.39, 0.29) is 53.5 Å². The number of aromatic hydroxyl groups is 2. The van der Waals surface area contributed by atoms with Crippen LogP contribution in [-0.4, -0.2) is 57.4 Å². The van der Waals surface area contributed by atoms with E-state index in [1.807, 2.05) is 55.5 Å². The number of benzene rings is 4. The molecule has 2 heterocycles. The molecular formula is C42H38ClN3O7. The lowest BCUT2D eigenvalue weighted by Gasteiger charge is -2.50. The van der Waals surface area contributed by atoms with Crippen LogP contribution in [0.5, 0.6) is 17.2 Å². The number of rotatable bonds is 8. The summed E-state index contributed by atoms with van der Waals surface area (Å²) >= 11 is 6.64. The molecule has 3 N–H and O–H groups in total. The maximum atomic E-state index is 15.3. The van der Waals surface area contributed by atoms with Gasteiger partial charge in [0.15, 0.2) is 11.5 Å². The minimum Gasteiger partial charge on any atom is -0.508 e. The topological polar surface area (TPSA) is 136 Å². The van der Waals surface area contributed by atoms with Crippen LogP contribution in [0.4, 0.5) is 5.69 Å². The zero-order chi connectivity index (χ0) is 37.2. The van der Waals surface area contributed by atoms with Crippen LogP contribution in [-0.2, 0) is 31.0 Å². The highest BCUT2D eigenvalue weighted by atomic mass is 35.5. The monoisotopic (exact) mass is 731 g/mol. The standard InChI is InChI=1S/C42H38ClN3O7/c1-23-8-12-27(13-9-23)44-46-39(50)32-22-31-29(16-17-30-35(31)40(51)45(38(30)49)19-18-24-10-14-28(47)15-11-24)36(25-20-33(43)37(48)34(21-25)53-2)42(32,41(46)52)26-6-4-3-5-7-26/h3-16,20-21,30-32,35-36,44,47-48H,17-19,22H2,1-2H3/t30-,31+,32-,35-,36-,42+/m0/s1. The molecule has 11 heteroatoms. The number of fused-ring (bicyclic) bond motifs is 4. The van der Waals surface area contributed by atoms with Crippen molar-refractivity contribution in [2.75, 3.05) is 19.1 Å². The van der Waals surface area contributed by atoms with Crippen LogP contribution in [0.1, 0.15) is 41.0 Å². The van der Waals surface area contributed by atoms with Crippen molar-refractivity contribution in [3.05, 3.63) is 130 Å². The van der Waals surface area contributed by atoms with E-state index in [2.05, 4.69) is 5.43 Å². The van der Waals surface area contributed by atoms with E-state index in [9.17, 15) is 24.6 Å². The van der Waals surface area contributed by atoms with Gasteiger partial charge in [0.05, 0.1) is 41.0 Å². The van der Waals surface area contributed by atoms with Crippen LogP contribution in [0.3, 0.4) is 0 Å².